The third-order valence-electron chi connectivity index (χ3n) is 3.36. The Labute approximate surface area is 129 Å². The van der Waals surface area contributed by atoms with Crippen LogP contribution in [0.15, 0.2) is 0 Å². The summed E-state index contributed by atoms with van der Waals surface area (Å²) in [4.78, 5) is 29.9. The van der Waals surface area contributed by atoms with Gasteiger partial charge < -0.3 is 15.3 Å². The normalized spacial score (nSPS) is 13.6. The van der Waals surface area contributed by atoms with Gasteiger partial charge in [0.05, 0.1) is 16.7 Å². The average molecular weight is 313 g/mol. The Morgan fingerprint density at radius 1 is 1.38 bits per heavy atom. The van der Waals surface area contributed by atoms with Gasteiger partial charge in [0.15, 0.2) is 0 Å². The van der Waals surface area contributed by atoms with Gasteiger partial charge in [0.1, 0.15) is 6.54 Å². The number of carbonyl (C=O) groups excluding carboxylic acids is 1. The summed E-state index contributed by atoms with van der Waals surface area (Å²) in [7, 11) is 0. The van der Waals surface area contributed by atoms with Crippen molar-refractivity contribution in [2.75, 3.05) is 6.54 Å². The molecule has 2 N–H and O–H groups in total. The molecule has 0 aromatic carbocycles. The number of aliphatic carboxylic acids is 1. The van der Waals surface area contributed by atoms with Gasteiger partial charge in [-0.3, -0.25) is 4.79 Å². The number of nitrogens with zero attached hydrogens (tertiary/aromatic N) is 2. The Balaban J connectivity index is 2.80. The number of hydrogen-bond acceptors (Lipinski definition) is 4. The fourth-order valence-electron chi connectivity index (χ4n) is 2.08. The van der Waals surface area contributed by atoms with Gasteiger partial charge in [-0.25, -0.2) is 9.78 Å². The maximum atomic E-state index is 12.3. The summed E-state index contributed by atoms with van der Waals surface area (Å²) in [6.07, 6.45) is 0.702. The summed E-state index contributed by atoms with van der Waals surface area (Å²) in [6, 6.07) is -0.675. The molecule has 2 amide bonds. The van der Waals surface area contributed by atoms with E-state index in [1.165, 1.54) is 4.90 Å². The zero-order valence-corrected chi connectivity index (χ0v) is 14.0. The Bertz CT molecular complexity index is 516. The SMILES string of the molecule is CCC(C)N(CC(=O)O)C(=O)NC(C)c1sc(C)nc1C. The molecule has 0 bridgehead atoms. The molecule has 0 aliphatic rings. The Morgan fingerprint density at radius 2 is 2.00 bits per heavy atom. The second-order valence-electron chi connectivity index (χ2n) is 5.13. The van der Waals surface area contributed by atoms with Crippen molar-refractivity contribution in [3.05, 3.63) is 15.6 Å². The highest BCUT2D eigenvalue weighted by atomic mass is 32.1. The van der Waals surface area contributed by atoms with Crippen molar-refractivity contribution < 1.29 is 14.7 Å². The highest BCUT2D eigenvalue weighted by Crippen LogP contribution is 2.24. The van der Waals surface area contributed by atoms with Gasteiger partial charge in [-0.1, -0.05) is 6.92 Å². The van der Waals surface area contributed by atoms with Crippen molar-refractivity contribution in [3.63, 3.8) is 0 Å². The van der Waals surface area contributed by atoms with Crippen LogP contribution in [-0.4, -0.2) is 39.6 Å². The second kappa shape index (κ2) is 7.40. The van der Waals surface area contributed by atoms with E-state index in [0.29, 0.717) is 6.42 Å². The molecule has 1 aromatic heterocycles. The Kier molecular flexibility index (Phi) is 6.14. The molecule has 2 unspecified atom stereocenters. The maximum absolute atomic E-state index is 12.3. The summed E-state index contributed by atoms with van der Waals surface area (Å²) in [5, 5.41) is 12.8. The van der Waals surface area contributed by atoms with E-state index in [1.54, 1.807) is 11.3 Å². The quantitative estimate of drug-likeness (QED) is 0.846. The minimum Gasteiger partial charge on any atom is -0.480 e. The largest absolute Gasteiger partial charge is 0.480 e. The van der Waals surface area contributed by atoms with Crippen LogP contribution in [-0.2, 0) is 4.79 Å². The lowest BCUT2D eigenvalue weighted by Gasteiger charge is -2.28. The summed E-state index contributed by atoms with van der Waals surface area (Å²) >= 11 is 1.54. The van der Waals surface area contributed by atoms with Crippen molar-refractivity contribution in [1.29, 1.82) is 0 Å². The first-order chi connectivity index (χ1) is 9.76. The van der Waals surface area contributed by atoms with Crippen LogP contribution in [0.1, 0.15) is 48.8 Å². The number of aromatic nitrogens is 1. The third-order valence-corrected chi connectivity index (χ3v) is 4.62. The smallest absolute Gasteiger partial charge is 0.323 e. The monoisotopic (exact) mass is 313 g/mol. The van der Waals surface area contributed by atoms with Crippen molar-refractivity contribution in [2.45, 2.75) is 53.1 Å². The molecule has 6 nitrogen and oxygen atoms in total. The Hall–Kier alpha value is -1.63. The van der Waals surface area contributed by atoms with Crippen LogP contribution in [0.5, 0.6) is 0 Å². The lowest BCUT2D eigenvalue weighted by atomic mass is 10.2. The van der Waals surface area contributed by atoms with Crippen LogP contribution in [0.25, 0.3) is 0 Å². The molecule has 21 heavy (non-hydrogen) atoms. The van der Waals surface area contributed by atoms with Gasteiger partial charge in [0.25, 0.3) is 0 Å². The number of thiazole rings is 1. The van der Waals surface area contributed by atoms with E-state index in [1.807, 2.05) is 34.6 Å². The van der Waals surface area contributed by atoms with Crippen LogP contribution in [0.2, 0.25) is 0 Å². The predicted octanol–water partition coefficient (Wildman–Crippen LogP) is 2.72. The van der Waals surface area contributed by atoms with Gasteiger partial charge in [-0.05, 0) is 34.1 Å². The molecule has 0 radical (unpaired) electrons. The first-order valence-electron chi connectivity index (χ1n) is 6.99. The first kappa shape index (κ1) is 17.4. The average Bonchev–Trinajstić information content (AvgIpc) is 2.73. The van der Waals surface area contributed by atoms with E-state index in [9.17, 15) is 9.59 Å². The number of rotatable bonds is 6. The van der Waals surface area contributed by atoms with E-state index < -0.39 is 5.97 Å². The fourth-order valence-corrected chi connectivity index (χ4v) is 3.01. The molecule has 1 rings (SSSR count). The number of urea groups is 1. The summed E-state index contributed by atoms with van der Waals surface area (Å²) in [6.45, 7) is 9.18. The molecule has 0 saturated heterocycles. The molecule has 1 aromatic rings. The lowest BCUT2D eigenvalue weighted by Crippen LogP contribution is -2.47. The van der Waals surface area contributed by atoms with Crippen LogP contribution in [0, 0.1) is 13.8 Å². The number of nitrogens with one attached hydrogen (secondary N) is 1. The number of hydrogen-bond donors (Lipinski definition) is 2. The summed E-state index contributed by atoms with van der Waals surface area (Å²) < 4.78 is 0. The zero-order valence-electron chi connectivity index (χ0n) is 13.1. The molecule has 1 heterocycles. The molecule has 0 saturated carbocycles. The zero-order chi connectivity index (χ0) is 16.2. The van der Waals surface area contributed by atoms with Crippen molar-refractivity contribution in [2.24, 2.45) is 0 Å². The molecule has 0 fully saturated rings. The predicted molar refractivity (Wildman–Crippen MR) is 82.6 cm³/mol. The molecule has 0 aliphatic heterocycles. The standard InChI is InChI=1S/C14H23N3O3S/c1-6-8(2)17(7-12(18)19)14(20)16-10(4)13-9(3)15-11(5)21-13/h8,10H,6-7H2,1-5H3,(H,16,20)(H,18,19). The highest BCUT2D eigenvalue weighted by molar-refractivity contribution is 7.11. The van der Waals surface area contributed by atoms with Gasteiger partial charge >= 0.3 is 12.0 Å². The van der Waals surface area contributed by atoms with Gasteiger partial charge in [-0.15, -0.1) is 11.3 Å². The van der Waals surface area contributed by atoms with E-state index in [-0.39, 0.29) is 24.7 Å². The van der Waals surface area contributed by atoms with E-state index >= 15 is 0 Å². The number of carbonyl (C=O) groups is 2. The molecule has 7 heteroatoms. The van der Waals surface area contributed by atoms with Crippen LogP contribution in [0.4, 0.5) is 4.79 Å². The molecule has 0 spiro atoms. The number of amides is 2. The van der Waals surface area contributed by atoms with E-state index in [4.69, 9.17) is 5.11 Å². The van der Waals surface area contributed by atoms with Crippen molar-refractivity contribution in [3.8, 4) is 0 Å². The minimum absolute atomic E-state index is 0.127. The highest BCUT2D eigenvalue weighted by Gasteiger charge is 2.24. The molecule has 2 atom stereocenters. The van der Waals surface area contributed by atoms with Crippen molar-refractivity contribution >= 4 is 23.3 Å². The Morgan fingerprint density at radius 3 is 2.43 bits per heavy atom. The van der Waals surface area contributed by atoms with E-state index in [0.717, 1.165) is 15.6 Å². The van der Waals surface area contributed by atoms with Crippen LogP contribution < -0.4 is 5.32 Å². The van der Waals surface area contributed by atoms with Gasteiger partial charge in [0.2, 0.25) is 0 Å². The van der Waals surface area contributed by atoms with Crippen LogP contribution in [0.3, 0.4) is 0 Å². The maximum Gasteiger partial charge on any atom is 0.323 e. The van der Waals surface area contributed by atoms with Crippen molar-refractivity contribution in [1.82, 2.24) is 15.2 Å². The van der Waals surface area contributed by atoms with E-state index in [2.05, 4.69) is 10.3 Å². The lowest BCUT2D eigenvalue weighted by molar-refractivity contribution is -0.138. The number of aryl methyl sites for hydroxylation is 2. The second-order valence-corrected chi connectivity index (χ2v) is 6.37. The van der Waals surface area contributed by atoms with Gasteiger partial charge in [-0.2, -0.15) is 0 Å². The number of carboxylic acids is 1. The minimum atomic E-state index is -1.01. The van der Waals surface area contributed by atoms with Crippen LogP contribution >= 0.6 is 11.3 Å². The molecular formula is C14H23N3O3S. The fraction of sp³-hybridized carbons (Fsp3) is 0.643. The van der Waals surface area contributed by atoms with Gasteiger partial charge in [0, 0.05) is 10.9 Å². The first-order valence-corrected chi connectivity index (χ1v) is 7.80. The molecule has 118 valence electrons. The topological polar surface area (TPSA) is 82.5 Å². The third kappa shape index (κ3) is 4.70. The summed E-state index contributed by atoms with van der Waals surface area (Å²) in [5.74, 6) is -1.01. The molecular weight excluding hydrogens is 290 g/mol. The molecule has 0 aliphatic carbocycles. The summed E-state index contributed by atoms with van der Waals surface area (Å²) in [5.41, 5.74) is 0.902. The number of carboxylic acid groups (broad SMARTS) is 1.